The van der Waals surface area contributed by atoms with Gasteiger partial charge in [-0.3, -0.25) is 9.59 Å². The topological polar surface area (TPSA) is 52.6 Å². The van der Waals surface area contributed by atoms with Gasteiger partial charge >= 0.3 is 0 Å². The number of rotatable bonds is 3. The molecule has 2 aromatic rings. The van der Waals surface area contributed by atoms with Crippen molar-refractivity contribution in [1.29, 1.82) is 0 Å². The predicted octanol–water partition coefficient (Wildman–Crippen LogP) is 4.72. The van der Waals surface area contributed by atoms with Gasteiger partial charge in [0.1, 0.15) is 0 Å². The van der Waals surface area contributed by atoms with Crippen LogP contribution in [0.15, 0.2) is 48.5 Å². The van der Waals surface area contributed by atoms with E-state index < -0.39 is 0 Å². The van der Waals surface area contributed by atoms with E-state index in [0.717, 1.165) is 55.7 Å². The monoisotopic (exact) mass is 427 g/mol. The van der Waals surface area contributed by atoms with Crippen LogP contribution in [0, 0.1) is 5.92 Å². The summed E-state index contributed by atoms with van der Waals surface area (Å²) in [5.41, 5.74) is 3.54. The van der Waals surface area contributed by atoms with Gasteiger partial charge in [-0.05, 0) is 55.8 Å². The molecule has 1 aliphatic heterocycles. The molecule has 0 spiro atoms. The van der Waals surface area contributed by atoms with Crippen LogP contribution < -0.4 is 10.2 Å². The number of fused-ring (bicyclic) bond motifs is 1. The molecule has 5 nitrogen and oxygen atoms in total. The van der Waals surface area contributed by atoms with Crippen molar-refractivity contribution in [1.82, 2.24) is 4.90 Å². The van der Waals surface area contributed by atoms with Crippen LogP contribution in [-0.4, -0.2) is 36.9 Å². The van der Waals surface area contributed by atoms with Gasteiger partial charge in [-0.15, -0.1) is 12.4 Å². The number of anilines is 2. The largest absolute Gasteiger partial charge is 0.326 e. The number of amides is 2. The second kappa shape index (κ2) is 10.1. The first-order valence-corrected chi connectivity index (χ1v) is 10.6. The zero-order chi connectivity index (χ0) is 20.2. The summed E-state index contributed by atoms with van der Waals surface area (Å²) in [5, 5.41) is 3.02. The van der Waals surface area contributed by atoms with Gasteiger partial charge in [0, 0.05) is 42.5 Å². The molecule has 1 saturated carbocycles. The fraction of sp³-hybridized carbons (Fsp3) is 0.417. The lowest BCUT2D eigenvalue weighted by atomic mass is 9.88. The third kappa shape index (κ3) is 5.02. The molecule has 1 aliphatic carbocycles. The zero-order valence-corrected chi connectivity index (χ0v) is 18.3. The van der Waals surface area contributed by atoms with Crippen molar-refractivity contribution >= 4 is 35.6 Å². The maximum atomic E-state index is 13.2. The number of nitrogens with one attached hydrogen (secondary N) is 1. The Hall–Kier alpha value is -2.37. The second-order valence-electron chi connectivity index (χ2n) is 8.22. The fourth-order valence-corrected chi connectivity index (χ4v) is 4.34. The smallest absolute Gasteiger partial charge is 0.258 e. The van der Waals surface area contributed by atoms with Crippen molar-refractivity contribution in [2.45, 2.75) is 38.6 Å². The first-order valence-electron chi connectivity index (χ1n) is 10.6. The van der Waals surface area contributed by atoms with Gasteiger partial charge in [-0.2, -0.15) is 0 Å². The molecule has 0 saturated heterocycles. The van der Waals surface area contributed by atoms with E-state index in [1.807, 2.05) is 47.4 Å². The molecule has 30 heavy (non-hydrogen) atoms. The van der Waals surface area contributed by atoms with Crippen molar-refractivity contribution in [3.05, 3.63) is 59.7 Å². The molecule has 160 valence electrons. The molecule has 1 heterocycles. The second-order valence-corrected chi connectivity index (χ2v) is 8.22. The number of likely N-dealkylation sites (N-methyl/N-ethyl adjacent to an activating group) is 1. The minimum Gasteiger partial charge on any atom is -0.326 e. The highest BCUT2D eigenvalue weighted by atomic mass is 35.5. The molecule has 0 bridgehead atoms. The summed E-state index contributed by atoms with van der Waals surface area (Å²) in [5.74, 6) is 0.224. The molecule has 2 aromatic carbocycles. The minimum atomic E-state index is -0.00194. The predicted molar refractivity (Wildman–Crippen MR) is 123 cm³/mol. The van der Waals surface area contributed by atoms with Gasteiger partial charge in [0.15, 0.2) is 0 Å². The minimum absolute atomic E-state index is 0. The molecule has 0 atom stereocenters. The van der Waals surface area contributed by atoms with E-state index in [2.05, 4.69) is 23.3 Å². The van der Waals surface area contributed by atoms with Crippen LogP contribution in [0.3, 0.4) is 0 Å². The average Bonchev–Trinajstić information content (AvgIpc) is 2.92. The van der Waals surface area contributed by atoms with Gasteiger partial charge in [-0.1, -0.05) is 37.5 Å². The number of hydrogen-bond acceptors (Lipinski definition) is 3. The summed E-state index contributed by atoms with van der Waals surface area (Å²) in [7, 11) is 2.08. The molecule has 6 heteroatoms. The molecule has 2 amide bonds. The van der Waals surface area contributed by atoms with Gasteiger partial charge in [-0.25, -0.2) is 0 Å². The number of nitrogens with zero attached hydrogens (tertiary/aromatic N) is 2. The van der Waals surface area contributed by atoms with Gasteiger partial charge < -0.3 is 15.1 Å². The summed E-state index contributed by atoms with van der Waals surface area (Å²) >= 11 is 0. The Morgan fingerprint density at radius 1 is 0.933 bits per heavy atom. The van der Waals surface area contributed by atoms with E-state index in [1.165, 1.54) is 6.42 Å². The molecule has 1 fully saturated rings. The highest BCUT2D eigenvalue weighted by Gasteiger charge is 2.24. The Kier molecular flexibility index (Phi) is 7.51. The van der Waals surface area contributed by atoms with E-state index in [9.17, 15) is 9.59 Å². The Labute approximate surface area is 184 Å². The molecule has 1 N–H and O–H groups in total. The normalized spacial score (nSPS) is 17.4. The van der Waals surface area contributed by atoms with Crippen molar-refractivity contribution in [2.75, 3.05) is 30.4 Å². The molecular weight excluding hydrogens is 398 g/mol. The number of benzene rings is 2. The lowest BCUT2D eigenvalue weighted by Gasteiger charge is -2.23. The summed E-state index contributed by atoms with van der Waals surface area (Å²) < 4.78 is 0. The van der Waals surface area contributed by atoms with Crippen LogP contribution in [0.25, 0.3) is 0 Å². The van der Waals surface area contributed by atoms with Crippen LogP contribution in [0.4, 0.5) is 11.4 Å². The highest BCUT2D eigenvalue weighted by Crippen LogP contribution is 2.27. The summed E-state index contributed by atoms with van der Waals surface area (Å²) in [6.07, 6.45) is 5.46. The van der Waals surface area contributed by atoms with Crippen LogP contribution in [0.5, 0.6) is 0 Å². The SMILES string of the molecule is CN1CCN(C(=O)c2ccc(NC(=O)C3CCCCC3)cc2)c2ccccc2C1.Cl. The number of hydrogen-bond donors (Lipinski definition) is 1. The maximum absolute atomic E-state index is 13.2. The lowest BCUT2D eigenvalue weighted by molar-refractivity contribution is -0.120. The van der Waals surface area contributed by atoms with E-state index in [0.29, 0.717) is 12.1 Å². The first kappa shape index (κ1) is 22.3. The van der Waals surface area contributed by atoms with Gasteiger partial charge in [0.05, 0.1) is 0 Å². The van der Waals surface area contributed by atoms with Crippen LogP contribution >= 0.6 is 12.4 Å². The van der Waals surface area contributed by atoms with Crippen molar-refractivity contribution in [2.24, 2.45) is 5.92 Å². The third-order valence-corrected chi connectivity index (χ3v) is 6.05. The number of carbonyl (C=O) groups excluding carboxylic acids is 2. The molecule has 0 unspecified atom stereocenters. The van der Waals surface area contributed by atoms with E-state index in [4.69, 9.17) is 0 Å². The van der Waals surface area contributed by atoms with Crippen molar-refractivity contribution in [3.63, 3.8) is 0 Å². The van der Waals surface area contributed by atoms with E-state index in [1.54, 1.807) is 0 Å². The zero-order valence-electron chi connectivity index (χ0n) is 17.5. The highest BCUT2D eigenvalue weighted by molar-refractivity contribution is 6.07. The standard InChI is InChI=1S/C24H29N3O2.ClH/c1-26-15-16-27(22-10-6-5-9-20(22)17-26)24(29)19-11-13-21(14-12-19)25-23(28)18-7-3-2-4-8-18;/h5-6,9-14,18H,2-4,7-8,15-17H2,1H3,(H,25,28);1H. The average molecular weight is 428 g/mol. The van der Waals surface area contributed by atoms with Crippen molar-refractivity contribution in [3.8, 4) is 0 Å². The summed E-state index contributed by atoms with van der Waals surface area (Å²) in [6, 6.07) is 15.4. The fourth-order valence-electron chi connectivity index (χ4n) is 4.34. The molecule has 2 aliphatic rings. The number of halogens is 1. The Bertz CT molecular complexity index is 878. The third-order valence-electron chi connectivity index (χ3n) is 6.05. The first-order chi connectivity index (χ1) is 14.1. The molecular formula is C24H30ClN3O2. The molecule has 4 rings (SSSR count). The Morgan fingerprint density at radius 3 is 2.37 bits per heavy atom. The Balaban J connectivity index is 0.00000256. The van der Waals surface area contributed by atoms with Crippen LogP contribution in [0.2, 0.25) is 0 Å². The Morgan fingerprint density at radius 2 is 1.63 bits per heavy atom. The quantitative estimate of drug-likeness (QED) is 0.771. The summed E-state index contributed by atoms with van der Waals surface area (Å²) in [4.78, 5) is 29.8. The van der Waals surface area contributed by atoms with Crippen LogP contribution in [0.1, 0.15) is 48.0 Å². The van der Waals surface area contributed by atoms with Crippen molar-refractivity contribution < 1.29 is 9.59 Å². The molecule has 0 aromatic heterocycles. The molecule has 0 radical (unpaired) electrons. The lowest BCUT2D eigenvalue weighted by Crippen LogP contribution is -2.35. The summed E-state index contributed by atoms with van der Waals surface area (Å²) in [6.45, 7) is 2.33. The van der Waals surface area contributed by atoms with E-state index >= 15 is 0 Å². The van der Waals surface area contributed by atoms with Gasteiger partial charge in [0.2, 0.25) is 5.91 Å². The number of carbonyl (C=O) groups is 2. The van der Waals surface area contributed by atoms with E-state index in [-0.39, 0.29) is 30.1 Å². The number of para-hydroxylation sites is 1. The maximum Gasteiger partial charge on any atom is 0.258 e. The van der Waals surface area contributed by atoms with Gasteiger partial charge in [0.25, 0.3) is 5.91 Å². The van der Waals surface area contributed by atoms with Crippen LogP contribution in [-0.2, 0) is 11.3 Å².